The van der Waals surface area contributed by atoms with Gasteiger partial charge in [0.2, 0.25) is 0 Å². The lowest BCUT2D eigenvalue weighted by atomic mass is 10.0. The first kappa shape index (κ1) is 14.1. The fourth-order valence-electron chi connectivity index (χ4n) is 3.05. The molecule has 1 aliphatic carbocycles. The summed E-state index contributed by atoms with van der Waals surface area (Å²) in [5.41, 5.74) is 1.81. The van der Waals surface area contributed by atoms with E-state index in [1.807, 2.05) is 0 Å². The number of hydrogen-bond donors (Lipinski definition) is 0. The topological polar surface area (TPSA) is 0 Å². The Bertz CT molecular complexity index is 478. The minimum atomic E-state index is -0.276. The zero-order valence-corrected chi connectivity index (χ0v) is 13.0. The summed E-state index contributed by atoms with van der Waals surface area (Å²) < 4.78 is 13.4. The van der Waals surface area contributed by atoms with Crippen molar-refractivity contribution in [3.63, 3.8) is 0 Å². The maximum absolute atomic E-state index is 13.4. The predicted molar refractivity (Wildman–Crippen MR) is 75.8 cm³/mol. The van der Waals surface area contributed by atoms with Crippen molar-refractivity contribution in [3.8, 4) is 0 Å². The van der Waals surface area contributed by atoms with Crippen molar-refractivity contribution in [1.82, 2.24) is 0 Å². The highest BCUT2D eigenvalue weighted by atomic mass is 35.5. The van der Waals surface area contributed by atoms with Gasteiger partial charge in [-0.05, 0) is 40.9 Å². The molecule has 2 rings (SSSR count). The van der Waals surface area contributed by atoms with Crippen molar-refractivity contribution in [2.75, 3.05) is 0 Å². The number of rotatable bonds is 2. The van der Waals surface area contributed by atoms with Crippen molar-refractivity contribution in [3.05, 3.63) is 34.1 Å². The Morgan fingerprint density at radius 1 is 1.17 bits per heavy atom. The van der Waals surface area contributed by atoms with Gasteiger partial charge in [-0.2, -0.15) is 0 Å². The number of hydrogen-bond acceptors (Lipinski definition) is 0. The summed E-state index contributed by atoms with van der Waals surface area (Å²) in [6.07, 6.45) is 0. The van der Waals surface area contributed by atoms with E-state index in [0.717, 1.165) is 5.56 Å². The van der Waals surface area contributed by atoms with E-state index in [-0.39, 0.29) is 22.0 Å². The fraction of sp³-hybridized carbons (Fsp3) is 0.600. The molecule has 0 aromatic heterocycles. The molecule has 1 unspecified atom stereocenters. The van der Waals surface area contributed by atoms with Crippen LogP contribution in [0.1, 0.15) is 44.2 Å². The number of aryl methyl sites for hydroxylation is 1. The third kappa shape index (κ3) is 1.87. The summed E-state index contributed by atoms with van der Waals surface area (Å²) in [6.45, 7) is 10.6. The van der Waals surface area contributed by atoms with E-state index < -0.39 is 0 Å². The number of alkyl halides is 1. The van der Waals surface area contributed by atoms with Crippen LogP contribution >= 0.6 is 23.2 Å². The molecule has 0 bridgehead atoms. The minimum absolute atomic E-state index is 0.165. The molecule has 18 heavy (non-hydrogen) atoms. The molecule has 0 amide bonds. The van der Waals surface area contributed by atoms with E-state index in [0.29, 0.717) is 16.5 Å². The maximum atomic E-state index is 13.4. The van der Waals surface area contributed by atoms with Gasteiger partial charge < -0.3 is 0 Å². The Balaban J connectivity index is 2.37. The van der Waals surface area contributed by atoms with Crippen molar-refractivity contribution in [2.24, 2.45) is 16.7 Å². The summed E-state index contributed by atoms with van der Waals surface area (Å²) in [5.74, 6) is 0.0796. The van der Waals surface area contributed by atoms with Crippen LogP contribution in [-0.2, 0) is 0 Å². The first-order valence-electron chi connectivity index (χ1n) is 6.20. The van der Waals surface area contributed by atoms with Gasteiger partial charge in [-0.25, -0.2) is 4.39 Å². The van der Waals surface area contributed by atoms with E-state index in [1.165, 1.54) is 6.07 Å². The monoisotopic (exact) mass is 288 g/mol. The van der Waals surface area contributed by atoms with Crippen molar-refractivity contribution >= 4 is 23.2 Å². The molecule has 0 nitrogen and oxygen atoms in total. The smallest absolute Gasteiger partial charge is 0.127 e. The molecule has 0 saturated heterocycles. The van der Waals surface area contributed by atoms with Crippen LogP contribution < -0.4 is 0 Å². The molecular formula is C15H19Cl2F. The molecule has 1 aromatic carbocycles. The van der Waals surface area contributed by atoms with Gasteiger partial charge in [0.1, 0.15) is 5.82 Å². The normalized spacial score (nSPS) is 22.9. The van der Waals surface area contributed by atoms with E-state index in [1.54, 1.807) is 13.0 Å². The van der Waals surface area contributed by atoms with Crippen LogP contribution in [0.3, 0.4) is 0 Å². The van der Waals surface area contributed by atoms with Crippen LogP contribution in [0, 0.1) is 29.5 Å². The van der Waals surface area contributed by atoms with Gasteiger partial charge in [-0.3, -0.25) is 0 Å². The zero-order valence-electron chi connectivity index (χ0n) is 11.4. The van der Waals surface area contributed by atoms with Crippen LogP contribution in [0.2, 0.25) is 5.02 Å². The lowest BCUT2D eigenvalue weighted by Gasteiger charge is -2.15. The minimum Gasteiger partial charge on any atom is -0.207 e. The van der Waals surface area contributed by atoms with Gasteiger partial charge in [0.25, 0.3) is 0 Å². The molecule has 1 fully saturated rings. The third-order valence-corrected chi connectivity index (χ3v) is 5.81. The Kier molecular flexibility index (Phi) is 3.23. The second-order valence-electron chi connectivity index (χ2n) is 6.45. The molecule has 0 spiro atoms. The van der Waals surface area contributed by atoms with Gasteiger partial charge in [-0.15, -0.1) is 11.6 Å². The van der Waals surface area contributed by atoms with Crippen LogP contribution in [0.4, 0.5) is 4.39 Å². The molecule has 1 aromatic rings. The Hall–Kier alpha value is -0.270. The van der Waals surface area contributed by atoms with Crippen LogP contribution in [-0.4, -0.2) is 0 Å². The van der Waals surface area contributed by atoms with E-state index in [9.17, 15) is 4.39 Å². The summed E-state index contributed by atoms with van der Waals surface area (Å²) in [6, 6.07) is 3.14. The Labute approximate surface area is 118 Å². The van der Waals surface area contributed by atoms with Gasteiger partial charge in [0, 0.05) is 5.02 Å². The molecule has 0 heterocycles. The van der Waals surface area contributed by atoms with E-state index >= 15 is 0 Å². The summed E-state index contributed by atoms with van der Waals surface area (Å²) in [5, 5.41) is 0.262. The predicted octanol–water partition coefficient (Wildman–Crippen LogP) is 5.75. The lowest BCUT2D eigenvalue weighted by Crippen LogP contribution is -2.02. The van der Waals surface area contributed by atoms with E-state index in [2.05, 4.69) is 27.7 Å². The lowest BCUT2D eigenvalue weighted by molar-refractivity contribution is 0.457. The van der Waals surface area contributed by atoms with Gasteiger partial charge in [-0.1, -0.05) is 45.4 Å². The van der Waals surface area contributed by atoms with Gasteiger partial charge >= 0.3 is 0 Å². The summed E-state index contributed by atoms with van der Waals surface area (Å²) >= 11 is 12.7. The second kappa shape index (κ2) is 4.11. The quantitative estimate of drug-likeness (QED) is 0.608. The highest BCUT2D eigenvalue weighted by Gasteiger charge is 2.67. The molecule has 1 aliphatic rings. The summed E-state index contributed by atoms with van der Waals surface area (Å²) in [4.78, 5) is 0. The second-order valence-corrected chi connectivity index (χ2v) is 7.32. The van der Waals surface area contributed by atoms with Crippen LogP contribution in [0.15, 0.2) is 12.1 Å². The number of halogens is 3. The van der Waals surface area contributed by atoms with Gasteiger partial charge in [0.15, 0.2) is 0 Å². The number of benzene rings is 1. The fourth-order valence-corrected chi connectivity index (χ4v) is 4.18. The van der Waals surface area contributed by atoms with Gasteiger partial charge in [0.05, 0.1) is 5.38 Å². The largest absolute Gasteiger partial charge is 0.207 e. The zero-order chi connectivity index (χ0) is 13.9. The molecule has 0 radical (unpaired) electrons. The molecule has 0 N–H and O–H groups in total. The van der Waals surface area contributed by atoms with Crippen molar-refractivity contribution in [2.45, 2.75) is 40.0 Å². The molecule has 1 saturated carbocycles. The van der Waals surface area contributed by atoms with Crippen LogP contribution in [0.25, 0.3) is 0 Å². The average Bonchev–Trinajstić information content (AvgIpc) is 2.62. The molecule has 3 heteroatoms. The average molecular weight is 289 g/mol. The molecule has 100 valence electrons. The third-order valence-electron chi connectivity index (χ3n) is 5.00. The standard InChI is InChI=1S/C15H19Cl2F/c1-8-6-9(10(16)7-11(8)18)12(17)13-14(2,3)15(13,4)5/h6-7,12-13H,1-5H3. The van der Waals surface area contributed by atoms with Crippen molar-refractivity contribution in [1.29, 1.82) is 0 Å². The highest BCUT2D eigenvalue weighted by Crippen LogP contribution is 2.73. The Morgan fingerprint density at radius 3 is 2.11 bits per heavy atom. The Morgan fingerprint density at radius 2 is 1.67 bits per heavy atom. The highest BCUT2D eigenvalue weighted by molar-refractivity contribution is 6.32. The van der Waals surface area contributed by atoms with E-state index in [4.69, 9.17) is 23.2 Å². The first-order valence-corrected chi connectivity index (χ1v) is 7.01. The maximum Gasteiger partial charge on any atom is 0.127 e. The SMILES string of the molecule is Cc1cc(C(Cl)C2C(C)(C)C2(C)C)c(Cl)cc1F. The molecule has 1 atom stereocenters. The molecule has 0 aliphatic heterocycles. The van der Waals surface area contributed by atoms with Crippen LogP contribution in [0.5, 0.6) is 0 Å². The first-order chi connectivity index (χ1) is 8.10. The molecular weight excluding hydrogens is 270 g/mol. The summed E-state index contributed by atoms with van der Waals surface area (Å²) in [7, 11) is 0. The van der Waals surface area contributed by atoms with Crippen molar-refractivity contribution < 1.29 is 4.39 Å².